The highest BCUT2D eigenvalue weighted by molar-refractivity contribution is 5.87. The van der Waals surface area contributed by atoms with Crippen LogP contribution >= 0.6 is 0 Å². The molecule has 0 saturated carbocycles. The lowest BCUT2D eigenvalue weighted by Crippen LogP contribution is -2.35. The monoisotopic (exact) mass is 362 g/mol. The van der Waals surface area contributed by atoms with Crippen LogP contribution in [0.4, 0.5) is 0 Å². The molecule has 0 bridgehead atoms. The quantitative estimate of drug-likeness (QED) is 0.186. The molecular formula is C22H36NO3+. The third-order valence-corrected chi connectivity index (χ3v) is 4.32. The van der Waals surface area contributed by atoms with E-state index < -0.39 is 0 Å². The summed E-state index contributed by atoms with van der Waals surface area (Å²) in [6, 6.07) is 5.84. The number of hydrogen-bond donors (Lipinski definition) is 0. The molecule has 0 unspecified atom stereocenters. The zero-order valence-corrected chi connectivity index (χ0v) is 16.5. The van der Waals surface area contributed by atoms with Crippen LogP contribution in [0.25, 0.3) is 0 Å². The fraction of sp³-hybridized carbons (Fsp3) is 0.636. The molecule has 1 aromatic rings. The van der Waals surface area contributed by atoms with Crippen molar-refractivity contribution in [3.05, 3.63) is 42.7 Å². The van der Waals surface area contributed by atoms with Crippen molar-refractivity contribution in [2.45, 2.75) is 71.3 Å². The van der Waals surface area contributed by atoms with Crippen molar-refractivity contribution < 1.29 is 18.8 Å². The summed E-state index contributed by atoms with van der Waals surface area (Å²) >= 11 is 0. The number of carbonyl (C=O) groups is 1. The first kappa shape index (κ1) is 22.4. The van der Waals surface area contributed by atoms with Crippen molar-refractivity contribution in [1.29, 1.82) is 0 Å². The number of esters is 1. The summed E-state index contributed by atoms with van der Waals surface area (Å²) < 4.78 is 12.7. The van der Waals surface area contributed by atoms with Gasteiger partial charge in [-0.2, -0.15) is 0 Å². The molecule has 0 atom stereocenters. The molecule has 0 saturated heterocycles. The molecule has 1 heterocycles. The summed E-state index contributed by atoms with van der Waals surface area (Å²) in [4.78, 5) is 11.8. The van der Waals surface area contributed by atoms with Crippen molar-refractivity contribution in [2.24, 2.45) is 0 Å². The Labute approximate surface area is 159 Å². The van der Waals surface area contributed by atoms with E-state index in [1.165, 1.54) is 51.4 Å². The van der Waals surface area contributed by atoms with E-state index in [0.717, 1.165) is 6.42 Å². The highest BCUT2D eigenvalue weighted by atomic mass is 16.5. The second-order valence-electron chi connectivity index (χ2n) is 6.73. The number of ether oxygens (including phenoxy) is 2. The zero-order valence-electron chi connectivity index (χ0n) is 16.5. The second kappa shape index (κ2) is 15.6. The van der Waals surface area contributed by atoms with Crippen molar-refractivity contribution in [2.75, 3.05) is 19.8 Å². The molecule has 4 nitrogen and oxygen atoms in total. The number of hydrogen-bond acceptors (Lipinski definition) is 3. The molecule has 0 amide bonds. The second-order valence-corrected chi connectivity index (χ2v) is 6.73. The lowest BCUT2D eigenvalue weighted by atomic mass is 10.1. The van der Waals surface area contributed by atoms with E-state index in [9.17, 15) is 4.79 Å². The van der Waals surface area contributed by atoms with Crippen molar-refractivity contribution in [3.63, 3.8) is 0 Å². The Balaban J connectivity index is 1.91. The molecule has 1 rings (SSSR count). The molecule has 0 spiro atoms. The Morgan fingerprint density at radius 2 is 1.50 bits per heavy atom. The Hall–Kier alpha value is -1.68. The van der Waals surface area contributed by atoms with Crippen LogP contribution in [-0.2, 0) is 20.8 Å². The van der Waals surface area contributed by atoms with Crippen LogP contribution in [0.2, 0.25) is 0 Å². The van der Waals surface area contributed by atoms with Crippen LogP contribution in [-0.4, -0.2) is 25.8 Å². The molecule has 0 fully saturated rings. The SMILES string of the molecule is C=C(COCCCCCCCCCCC)C(=O)OCC[n+]1ccccc1. The zero-order chi connectivity index (χ0) is 18.9. The van der Waals surface area contributed by atoms with Crippen molar-refractivity contribution in [3.8, 4) is 0 Å². The third-order valence-electron chi connectivity index (χ3n) is 4.32. The third kappa shape index (κ3) is 11.8. The fourth-order valence-corrected chi connectivity index (χ4v) is 2.70. The van der Waals surface area contributed by atoms with Gasteiger partial charge in [-0.1, -0.05) is 70.9 Å². The number of rotatable bonds is 16. The molecule has 0 aliphatic rings. The largest absolute Gasteiger partial charge is 0.456 e. The Morgan fingerprint density at radius 1 is 0.885 bits per heavy atom. The average molecular weight is 363 g/mol. The van der Waals surface area contributed by atoms with Gasteiger partial charge in [0.1, 0.15) is 0 Å². The number of aromatic nitrogens is 1. The van der Waals surface area contributed by atoms with Gasteiger partial charge in [0.2, 0.25) is 0 Å². The highest BCUT2D eigenvalue weighted by Crippen LogP contribution is 2.09. The van der Waals surface area contributed by atoms with Crippen LogP contribution in [0.15, 0.2) is 42.7 Å². The van der Waals surface area contributed by atoms with Crippen LogP contribution < -0.4 is 4.57 Å². The molecule has 26 heavy (non-hydrogen) atoms. The first-order valence-electron chi connectivity index (χ1n) is 10.1. The van der Waals surface area contributed by atoms with Gasteiger partial charge in [-0.05, 0) is 6.42 Å². The van der Waals surface area contributed by atoms with Gasteiger partial charge >= 0.3 is 5.97 Å². The Bertz CT molecular complexity index is 487. The molecule has 4 heteroatoms. The smallest absolute Gasteiger partial charge is 0.335 e. The van der Waals surface area contributed by atoms with E-state index in [1.54, 1.807) is 0 Å². The van der Waals surface area contributed by atoms with E-state index >= 15 is 0 Å². The van der Waals surface area contributed by atoms with Crippen molar-refractivity contribution in [1.82, 2.24) is 0 Å². The minimum atomic E-state index is -0.367. The highest BCUT2D eigenvalue weighted by Gasteiger charge is 2.09. The van der Waals surface area contributed by atoms with Gasteiger partial charge in [0.05, 0.1) is 12.2 Å². The molecule has 1 aromatic heterocycles. The Morgan fingerprint density at radius 3 is 2.15 bits per heavy atom. The van der Waals surface area contributed by atoms with Gasteiger partial charge in [-0.25, -0.2) is 9.36 Å². The van der Waals surface area contributed by atoms with Gasteiger partial charge in [0, 0.05) is 18.7 Å². The van der Waals surface area contributed by atoms with Gasteiger partial charge in [0.15, 0.2) is 25.5 Å². The van der Waals surface area contributed by atoms with Gasteiger partial charge in [0.25, 0.3) is 0 Å². The first-order chi connectivity index (χ1) is 12.7. The normalized spacial score (nSPS) is 10.7. The summed E-state index contributed by atoms with van der Waals surface area (Å²) in [6.07, 6.45) is 15.5. The first-order valence-corrected chi connectivity index (χ1v) is 10.1. The summed E-state index contributed by atoms with van der Waals surface area (Å²) in [6.45, 7) is 7.92. The maximum absolute atomic E-state index is 11.8. The van der Waals surface area contributed by atoms with E-state index in [2.05, 4.69) is 13.5 Å². The molecule has 0 aliphatic carbocycles. The molecule has 0 aliphatic heterocycles. The molecular weight excluding hydrogens is 326 g/mol. The van der Waals surface area contributed by atoms with Crippen LogP contribution in [0, 0.1) is 0 Å². The van der Waals surface area contributed by atoms with E-state index in [4.69, 9.17) is 9.47 Å². The molecule has 0 aromatic carbocycles. The Kier molecular flexibility index (Phi) is 13.4. The summed E-state index contributed by atoms with van der Waals surface area (Å²) in [5, 5.41) is 0. The number of pyridine rings is 1. The minimum absolute atomic E-state index is 0.258. The lowest BCUT2D eigenvalue weighted by Gasteiger charge is -2.07. The van der Waals surface area contributed by atoms with E-state index in [0.29, 0.717) is 25.3 Å². The maximum atomic E-state index is 11.8. The molecule has 0 radical (unpaired) electrons. The van der Waals surface area contributed by atoms with Gasteiger partial charge in [-0.3, -0.25) is 0 Å². The lowest BCUT2D eigenvalue weighted by molar-refractivity contribution is -0.697. The molecule has 146 valence electrons. The van der Waals surface area contributed by atoms with E-state index in [1.807, 2.05) is 35.2 Å². The number of unbranched alkanes of at least 4 members (excludes halogenated alkanes) is 8. The van der Waals surface area contributed by atoms with Crippen LogP contribution in [0.1, 0.15) is 64.7 Å². The van der Waals surface area contributed by atoms with Crippen molar-refractivity contribution >= 4 is 5.97 Å². The predicted molar refractivity (Wildman–Crippen MR) is 105 cm³/mol. The van der Waals surface area contributed by atoms with Crippen LogP contribution in [0.3, 0.4) is 0 Å². The average Bonchev–Trinajstić information content (AvgIpc) is 2.66. The summed E-state index contributed by atoms with van der Waals surface area (Å²) in [5.74, 6) is -0.367. The fourth-order valence-electron chi connectivity index (χ4n) is 2.70. The maximum Gasteiger partial charge on any atom is 0.335 e. The summed E-state index contributed by atoms with van der Waals surface area (Å²) in [7, 11) is 0. The standard InChI is InChI=1S/C22H36NO3/c1-3-4-5-6-7-8-9-10-14-18-25-20-21(2)22(24)26-19-17-23-15-12-11-13-16-23/h11-13,15-16H,2-10,14,17-20H2,1H3/q+1. The summed E-state index contributed by atoms with van der Waals surface area (Å²) in [5.41, 5.74) is 0.388. The van der Waals surface area contributed by atoms with Gasteiger partial charge in [-0.15, -0.1) is 0 Å². The topological polar surface area (TPSA) is 39.4 Å². The number of nitrogens with zero attached hydrogens (tertiary/aromatic N) is 1. The predicted octanol–water partition coefficient (Wildman–Crippen LogP) is 4.62. The number of carbonyl (C=O) groups excluding carboxylic acids is 1. The van der Waals surface area contributed by atoms with E-state index in [-0.39, 0.29) is 12.6 Å². The van der Waals surface area contributed by atoms with Crippen LogP contribution in [0.5, 0.6) is 0 Å². The van der Waals surface area contributed by atoms with Gasteiger partial charge < -0.3 is 9.47 Å². The minimum Gasteiger partial charge on any atom is -0.456 e. The molecule has 0 N–H and O–H groups in total.